The van der Waals surface area contributed by atoms with Crippen LogP contribution in [-0.4, -0.2) is 22.5 Å². The fraction of sp³-hybridized carbons (Fsp3) is 0.500. The molecule has 66 valence electrons. The van der Waals surface area contributed by atoms with Crippen molar-refractivity contribution < 1.29 is 9.53 Å². The largest absolute Gasteiger partial charge is 0.466 e. The SMILES string of the molecule is CC(=O)OCCCc1cnc[nH]1. The van der Waals surface area contributed by atoms with Gasteiger partial charge in [0, 0.05) is 18.8 Å². The Bertz CT molecular complexity index is 231. The van der Waals surface area contributed by atoms with E-state index in [-0.39, 0.29) is 5.97 Å². The number of hydrogen-bond acceptors (Lipinski definition) is 3. The second-order valence-electron chi connectivity index (χ2n) is 2.52. The molecule has 4 heteroatoms. The minimum absolute atomic E-state index is 0.223. The number of nitrogens with zero attached hydrogens (tertiary/aromatic N) is 1. The number of ether oxygens (including phenoxy) is 1. The van der Waals surface area contributed by atoms with Crippen LogP contribution in [0.25, 0.3) is 0 Å². The van der Waals surface area contributed by atoms with E-state index in [0.717, 1.165) is 18.5 Å². The highest BCUT2D eigenvalue weighted by Crippen LogP contribution is 1.96. The van der Waals surface area contributed by atoms with Crippen LogP contribution in [0.2, 0.25) is 0 Å². The molecule has 12 heavy (non-hydrogen) atoms. The van der Waals surface area contributed by atoms with Crippen LogP contribution < -0.4 is 0 Å². The molecule has 1 rings (SSSR count). The highest BCUT2D eigenvalue weighted by Gasteiger charge is 1.95. The van der Waals surface area contributed by atoms with Gasteiger partial charge in [-0.25, -0.2) is 4.98 Å². The summed E-state index contributed by atoms with van der Waals surface area (Å²) in [5.74, 6) is -0.223. The summed E-state index contributed by atoms with van der Waals surface area (Å²) in [5, 5.41) is 0. The number of hydrogen-bond donors (Lipinski definition) is 1. The lowest BCUT2D eigenvalue weighted by Crippen LogP contribution is -2.01. The lowest BCUT2D eigenvalue weighted by atomic mass is 10.3. The number of H-pyrrole nitrogens is 1. The summed E-state index contributed by atoms with van der Waals surface area (Å²) in [6.45, 7) is 1.89. The van der Waals surface area contributed by atoms with E-state index in [1.807, 2.05) is 0 Å². The lowest BCUT2D eigenvalue weighted by Gasteiger charge is -1.99. The monoisotopic (exact) mass is 168 g/mol. The molecule has 4 nitrogen and oxygen atoms in total. The Morgan fingerprint density at radius 1 is 1.75 bits per heavy atom. The van der Waals surface area contributed by atoms with Gasteiger partial charge in [0.05, 0.1) is 12.9 Å². The molecule has 0 saturated carbocycles. The topological polar surface area (TPSA) is 55.0 Å². The van der Waals surface area contributed by atoms with Gasteiger partial charge in [0.25, 0.3) is 0 Å². The zero-order valence-electron chi connectivity index (χ0n) is 7.04. The number of carbonyl (C=O) groups excluding carboxylic acids is 1. The first-order valence-electron chi connectivity index (χ1n) is 3.89. The van der Waals surface area contributed by atoms with Gasteiger partial charge in [0.15, 0.2) is 0 Å². The van der Waals surface area contributed by atoms with Crippen molar-refractivity contribution in [3.05, 3.63) is 18.2 Å². The van der Waals surface area contributed by atoms with Gasteiger partial charge in [-0.3, -0.25) is 4.79 Å². The fourth-order valence-electron chi connectivity index (χ4n) is 0.900. The predicted molar refractivity (Wildman–Crippen MR) is 43.5 cm³/mol. The summed E-state index contributed by atoms with van der Waals surface area (Å²) in [5.41, 5.74) is 1.07. The van der Waals surface area contributed by atoms with Crippen molar-refractivity contribution in [1.29, 1.82) is 0 Å². The molecule has 0 radical (unpaired) electrons. The molecule has 1 heterocycles. The van der Waals surface area contributed by atoms with Gasteiger partial charge in [0.1, 0.15) is 0 Å². The minimum Gasteiger partial charge on any atom is -0.466 e. The second-order valence-corrected chi connectivity index (χ2v) is 2.52. The molecule has 0 aliphatic rings. The molecule has 0 amide bonds. The first kappa shape index (κ1) is 8.77. The van der Waals surface area contributed by atoms with Gasteiger partial charge in [-0.1, -0.05) is 0 Å². The maximum atomic E-state index is 10.4. The van der Waals surface area contributed by atoms with Crippen LogP contribution in [0.15, 0.2) is 12.5 Å². The summed E-state index contributed by atoms with van der Waals surface area (Å²) < 4.78 is 4.77. The van der Waals surface area contributed by atoms with Crippen molar-refractivity contribution >= 4 is 5.97 Å². The third kappa shape index (κ3) is 3.18. The molecule has 0 saturated heterocycles. The Hall–Kier alpha value is -1.32. The number of aromatic nitrogens is 2. The standard InChI is InChI=1S/C8H12N2O2/c1-7(11)12-4-2-3-8-5-9-6-10-8/h5-6H,2-4H2,1H3,(H,9,10). The zero-order valence-corrected chi connectivity index (χ0v) is 7.04. The van der Waals surface area contributed by atoms with Gasteiger partial charge in [0.2, 0.25) is 0 Å². The molecule has 0 bridgehead atoms. The smallest absolute Gasteiger partial charge is 0.302 e. The van der Waals surface area contributed by atoms with Crippen LogP contribution in [0, 0.1) is 0 Å². The molecule has 0 aromatic carbocycles. The predicted octanol–water partition coefficient (Wildman–Crippen LogP) is 0.905. The Labute approximate surface area is 71.0 Å². The van der Waals surface area contributed by atoms with Crippen LogP contribution in [0.1, 0.15) is 19.0 Å². The van der Waals surface area contributed by atoms with E-state index in [4.69, 9.17) is 4.74 Å². The average molecular weight is 168 g/mol. The summed E-state index contributed by atoms with van der Waals surface area (Å²) in [6, 6.07) is 0. The number of nitrogens with one attached hydrogen (secondary N) is 1. The number of aryl methyl sites for hydroxylation is 1. The zero-order chi connectivity index (χ0) is 8.81. The summed E-state index contributed by atoms with van der Waals surface area (Å²) in [4.78, 5) is 17.2. The molecule has 0 atom stereocenters. The number of carbonyl (C=O) groups is 1. The first-order chi connectivity index (χ1) is 5.79. The van der Waals surface area contributed by atoms with Gasteiger partial charge in [-0.2, -0.15) is 0 Å². The molecule has 1 N–H and O–H groups in total. The maximum Gasteiger partial charge on any atom is 0.302 e. The highest BCUT2D eigenvalue weighted by molar-refractivity contribution is 5.65. The first-order valence-corrected chi connectivity index (χ1v) is 3.89. The van der Waals surface area contributed by atoms with Crippen molar-refractivity contribution in [3.8, 4) is 0 Å². The van der Waals surface area contributed by atoms with Crippen molar-refractivity contribution in [3.63, 3.8) is 0 Å². The molecule has 0 fully saturated rings. The summed E-state index contributed by atoms with van der Waals surface area (Å²) in [6.07, 6.45) is 5.12. The quantitative estimate of drug-likeness (QED) is 0.537. The fourth-order valence-corrected chi connectivity index (χ4v) is 0.900. The van der Waals surface area contributed by atoms with Gasteiger partial charge >= 0.3 is 5.97 Å². The second kappa shape index (κ2) is 4.54. The van der Waals surface area contributed by atoms with E-state index < -0.39 is 0 Å². The maximum absolute atomic E-state index is 10.4. The van der Waals surface area contributed by atoms with Crippen LogP contribution >= 0.6 is 0 Å². The number of rotatable bonds is 4. The van der Waals surface area contributed by atoms with Crippen LogP contribution in [0.3, 0.4) is 0 Å². The molecule has 1 aromatic heterocycles. The molecule has 1 aromatic rings. The number of esters is 1. The van der Waals surface area contributed by atoms with E-state index in [2.05, 4.69) is 9.97 Å². The van der Waals surface area contributed by atoms with E-state index >= 15 is 0 Å². The molecule has 0 aliphatic carbocycles. The normalized spacial score (nSPS) is 9.75. The molecular weight excluding hydrogens is 156 g/mol. The summed E-state index contributed by atoms with van der Waals surface area (Å²) in [7, 11) is 0. The average Bonchev–Trinajstić information content (AvgIpc) is 2.49. The van der Waals surface area contributed by atoms with Crippen molar-refractivity contribution in [1.82, 2.24) is 9.97 Å². The van der Waals surface area contributed by atoms with Crippen molar-refractivity contribution in [2.45, 2.75) is 19.8 Å². The molecule has 0 spiro atoms. The van der Waals surface area contributed by atoms with E-state index in [1.165, 1.54) is 6.92 Å². The highest BCUT2D eigenvalue weighted by atomic mass is 16.5. The Balaban J connectivity index is 2.07. The van der Waals surface area contributed by atoms with Gasteiger partial charge in [-0.05, 0) is 12.8 Å². The third-order valence-electron chi connectivity index (χ3n) is 1.45. The van der Waals surface area contributed by atoms with Crippen molar-refractivity contribution in [2.24, 2.45) is 0 Å². The van der Waals surface area contributed by atoms with E-state index in [0.29, 0.717) is 6.61 Å². The van der Waals surface area contributed by atoms with Crippen LogP contribution in [0.5, 0.6) is 0 Å². The Morgan fingerprint density at radius 3 is 3.17 bits per heavy atom. The van der Waals surface area contributed by atoms with E-state index in [9.17, 15) is 4.79 Å². The van der Waals surface area contributed by atoms with Gasteiger partial charge < -0.3 is 9.72 Å². The molecule has 0 unspecified atom stereocenters. The lowest BCUT2D eigenvalue weighted by molar-refractivity contribution is -0.141. The summed E-state index contributed by atoms with van der Waals surface area (Å²) >= 11 is 0. The Morgan fingerprint density at radius 2 is 2.58 bits per heavy atom. The molecular formula is C8H12N2O2. The van der Waals surface area contributed by atoms with Crippen molar-refractivity contribution in [2.75, 3.05) is 6.61 Å². The Kier molecular flexibility index (Phi) is 3.32. The van der Waals surface area contributed by atoms with Gasteiger partial charge in [-0.15, -0.1) is 0 Å². The van der Waals surface area contributed by atoms with Crippen LogP contribution in [0.4, 0.5) is 0 Å². The van der Waals surface area contributed by atoms with Crippen LogP contribution in [-0.2, 0) is 16.0 Å². The van der Waals surface area contributed by atoms with E-state index in [1.54, 1.807) is 12.5 Å². The number of imidazole rings is 1. The molecule has 0 aliphatic heterocycles. The minimum atomic E-state index is -0.223. The number of aromatic amines is 1. The third-order valence-corrected chi connectivity index (χ3v) is 1.45.